The molecule has 0 aliphatic carbocycles. The van der Waals surface area contributed by atoms with Crippen LogP contribution in [0, 0.1) is 0 Å². The van der Waals surface area contributed by atoms with Crippen LogP contribution in [0.1, 0.15) is 5.56 Å². The van der Waals surface area contributed by atoms with E-state index in [1.165, 1.54) is 0 Å². The van der Waals surface area contributed by atoms with Crippen molar-refractivity contribution in [2.45, 2.75) is 6.61 Å². The molecule has 60 valence electrons. The Labute approximate surface area is 76.7 Å². The van der Waals surface area contributed by atoms with Crippen LogP contribution in [0.4, 0.5) is 0 Å². The van der Waals surface area contributed by atoms with E-state index in [1.54, 1.807) is 0 Å². The Kier molecular flexibility index (Phi) is 4.17. The molecule has 0 amide bonds. The fourth-order valence-corrected chi connectivity index (χ4v) is 1.24. The van der Waals surface area contributed by atoms with Crippen LogP contribution in [0.25, 0.3) is 0 Å². The van der Waals surface area contributed by atoms with E-state index in [2.05, 4.69) is 0 Å². The average molecular weight is 209 g/mol. The van der Waals surface area contributed by atoms with Crippen molar-refractivity contribution in [3.05, 3.63) is 35.9 Å². The molecule has 11 heavy (non-hydrogen) atoms. The maximum atomic E-state index is 5.44. The summed E-state index contributed by atoms with van der Waals surface area (Å²) in [5, 5.41) is 0. The Bertz CT molecular complexity index is 203. The van der Waals surface area contributed by atoms with Crippen LogP contribution in [-0.4, -0.2) is 0 Å². The van der Waals surface area contributed by atoms with Crippen molar-refractivity contribution in [2.24, 2.45) is 0 Å². The summed E-state index contributed by atoms with van der Waals surface area (Å²) in [4.78, 5) is 0. The third kappa shape index (κ3) is 3.93. The Morgan fingerprint density at radius 3 is 2.36 bits per heavy atom. The van der Waals surface area contributed by atoms with E-state index >= 15 is 0 Å². The maximum absolute atomic E-state index is 5.44. The van der Waals surface area contributed by atoms with Crippen molar-refractivity contribution in [3.8, 4) is 0 Å². The second-order valence-corrected chi connectivity index (χ2v) is 4.98. The SMILES string of the molecule is ClP(Cl)OCc1ccccc1. The molecule has 0 heterocycles. The standard InChI is InChI=1S/C7H7Cl2OP/c8-11(9)10-6-7-4-2-1-3-5-7/h1-5H,6H2. The van der Waals surface area contributed by atoms with Crippen molar-refractivity contribution in [1.82, 2.24) is 0 Å². The van der Waals surface area contributed by atoms with E-state index < -0.39 is 6.85 Å². The lowest BCUT2D eigenvalue weighted by Crippen LogP contribution is -1.82. The highest BCUT2D eigenvalue weighted by atomic mass is 35.9. The van der Waals surface area contributed by atoms with Gasteiger partial charge < -0.3 is 4.52 Å². The molecule has 0 atom stereocenters. The normalized spacial score (nSPS) is 10.5. The number of halogens is 2. The lowest BCUT2D eigenvalue weighted by molar-refractivity contribution is 0.355. The molecular formula is C7H7Cl2OP. The van der Waals surface area contributed by atoms with Gasteiger partial charge in [-0.05, 0) is 28.0 Å². The van der Waals surface area contributed by atoms with Gasteiger partial charge in [0.25, 0.3) is 0 Å². The van der Waals surface area contributed by atoms with Crippen LogP contribution < -0.4 is 0 Å². The number of hydrogen-bond acceptors (Lipinski definition) is 1. The highest BCUT2D eigenvalue weighted by molar-refractivity contribution is 8.00. The topological polar surface area (TPSA) is 9.23 Å². The molecule has 1 aromatic carbocycles. The zero-order valence-electron chi connectivity index (χ0n) is 5.71. The predicted octanol–water partition coefficient (Wildman–Crippen LogP) is 3.91. The molecule has 1 aromatic rings. The summed E-state index contributed by atoms with van der Waals surface area (Å²) in [6.45, 7) is -0.794. The van der Waals surface area contributed by atoms with Gasteiger partial charge in [0, 0.05) is 0 Å². The zero-order chi connectivity index (χ0) is 8.10. The van der Waals surface area contributed by atoms with Gasteiger partial charge in [-0.2, -0.15) is 0 Å². The Morgan fingerprint density at radius 1 is 1.18 bits per heavy atom. The van der Waals surface area contributed by atoms with E-state index in [1.807, 2.05) is 30.3 Å². The van der Waals surface area contributed by atoms with Crippen molar-refractivity contribution < 1.29 is 4.52 Å². The zero-order valence-corrected chi connectivity index (χ0v) is 8.11. The number of hydrogen-bond donors (Lipinski definition) is 0. The molecule has 0 aliphatic heterocycles. The molecule has 4 heteroatoms. The minimum atomic E-state index is -1.28. The summed E-state index contributed by atoms with van der Waals surface area (Å²) >= 11 is 10.9. The largest absolute Gasteiger partial charge is 0.327 e. The minimum Gasteiger partial charge on any atom is -0.327 e. The molecule has 0 aromatic heterocycles. The Balaban J connectivity index is 2.39. The number of benzene rings is 1. The summed E-state index contributed by atoms with van der Waals surface area (Å²) < 4.78 is 5.02. The minimum absolute atomic E-state index is 0.486. The first-order valence-corrected chi connectivity index (χ1v) is 6.14. The molecular weight excluding hydrogens is 202 g/mol. The summed E-state index contributed by atoms with van der Waals surface area (Å²) in [7, 11) is 0. The van der Waals surface area contributed by atoms with Gasteiger partial charge in [0.05, 0.1) is 6.61 Å². The van der Waals surface area contributed by atoms with Gasteiger partial charge in [-0.25, -0.2) is 0 Å². The summed E-state index contributed by atoms with van der Waals surface area (Å²) in [5.41, 5.74) is 1.08. The lowest BCUT2D eigenvalue weighted by Gasteiger charge is -2.01. The second-order valence-electron chi connectivity index (χ2n) is 1.96. The van der Waals surface area contributed by atoms with E-state index in [0.29, 0.717) is 6.61 Å². The monoisotopic (exact) mass is 208 g/mol. The quantitative estimate of drug-likeness (QED) is 0.685. The van der Waals surface area contributed by atoms with E-state index in [0.717, 1.165) is 5.56 Å². The van der Waals surface area contributed by atoms with Gasteiger partial charge in [-0.1, -0.05) is 30.3 Å². The highest BCUT2D eigenvalue weighted by Gasteiger charge is 1.98. The first kappa shape index (κ1) is 9.28. The summed E-state index contributed by atoms with van der Waals surface area (Å²) in [5.74, 6) is 0. The van der Waals surface area contributed by atoms with E-state index in [4.69, 9.17) is 27.0 Å². The predicted molar refractivity (Wildman–Crippen MR) is 49.9 cm³/mol. The van der Waals surface area contributed by atoms with Gasteiger partial charge in [0.2, 0.25) is 6.85 Å². The molecule has 0 N–H and O–H groups in total. The molecule has 0 saturated carbocycles. The smallest absolute Gasteiger partial charge is 0.225 e. The highest BCUT2D eigenvalue weighted by Crippen LogP contribution is 2.48. The van der Waals surface area contributed by atoms with Gasteiger partial charge >= 0.3 is 0 Å². The summed E-state index contributed by atoms with van der Waals surface area (Å²) in [6, 6.07) is 9.78. The fourth-order valence-electron chi connectivity index (χ4n) is 0.698. The molecule has 0 radical (unpaired) electrons. The first-order valence-electron chi connectivity index (χ1n) is 3.07. The second kappa shape index (κ2) is 4.95. The van der Waals surface area contributed by atoms with Crippen LogP contribution in [0.5, 0.6) is 0 Å². The van der Waals surface area contributed by atoms with Crippen LogP contribution in [0.3, 0.4) is 0 Å². The van der Waals surface area contributed by atoms with Crippen molar-refractivity contribution in [2.75, 3.05) is 0 Å². The van der Waals surface area contributed by atoms with Gasteiger partial charge in [-0.15, -0.1) is 0 Å². The lowest BCUT2D eigenvalue weighted by atomic mass is 10.2. The molecule has 0 bridgehead atoms. The van der Waals surface area contributed by atoms with E-state index in [-0.39, 0.29) is 0 Å². The Hall–Kier alpha value is 0.190. The van der Waals surface area contributed by atoms with Crippen molar-refractivity contribution in [3.63, 3.8) is 0 Å². The molecule has 0 saturated heterocycles. The van der Waals surface area contributed by atoms with Crippen LogP contribution in [0.2, 0.25) is 0 Å². The maximum Gasteiger partial charge on any atom is 0.225 e. The fraction of sp³-hybridized carbons (Fsp3) is 0.143. The van der Waals surface area contributed by atoms with Gasteiger partial charge in [-0.3, -0.25) is 0 Å². The van der Waals surface area contributed by atoms with Crippen molar-refractivity contribution in [1.29, 1.82) is 0 Å². The van der Waals surface area contributed by atoms with Crippen molar-refractivity contribution >= 4 is 29.3 Å². The molecule has 0 fully saturated rings. The molecule has 1 rings (SSSR count). The van der Waals surface area contributed by atoms with Gasteiger partial charge in [0.1, 0.15) is 0 Å². The number of rotatable bonds is 3. The molecule has 0 aliphatic rings. The van der Waals surface area contributed by atoms with Crippen LogP contribution in [0.15, 0.2) is 30.3 Å². The molecule has 1 nitrogen and oxygen atoms in total. The Morgan fingerprint density at radius 2 is 1.82 bits per heavy atom. The first-order chi connectivity index (χ1) is 5.29. The third-order valence-corrected chi connectivity index (χ3v) is 2.08. The third-order valence-electron chi connectivity index (χ3n) is 1.17. The van der Waals surface area contributed by atoms with E-state index in [9.17, 15) is 0 Å². The summed E-state index contributed by atoms with van der Waals surface area (Å²) in [6.07, 6.45) is 0. The van der Waals surface area contributed by atoms with Gasteiger partial charge in [0.15, 0.2) is 0 Å². The molecule has 0 unspecified atom stereocenters. The average Bonchev–Trinajstić information content (AvgIpc) is 2.03. The van der Waals surface area contributed by atoms with Crippen LogP contribution in [-0.2, 0) is 11.1 Å². The molecule has 0 spiro atoms. The van der Waals surface area contributed by atoms with Crippen LogP contribution >= 0.6 is 29.3 Å².